The average Bonchev–Trinajstić information content (AvgIpc) is 3.12. The van der Waals surface area contributed by atoms with Gasteiger partial charge in [-0.1, -0.05) is 43.8 Å². The maximum Gasteiger partial charge on any atom is 0.321 e. The first-order valence-corrected chi connectivity index (χ1v) is 10.1. The lowest BCUT2D eigenvalue weighted by atomic mass is 10.2. The van der Waals surface area contributed by atoms with Gasteiger partial charge in [-0.15, -0.1) is 16.8 Å². The van der Waals surface area contributed by atoms with Crippen LogP contribution in [0.1, 0.15) is 13.8 Å². The van der Waals surface area contributed by atoms with Crippen molar-refractivity contribution >= 4 is 40.4 Å². The molecule has 0 aliphatic rings. The molecule has 0 spiro atoms. The number of amides is 3. The Morgan fingerprint density at radius 2 is 2.03 bits per heavy atom. The average molecular weight is 414 g/mol. The molecule has 0 radical (unpaired) electrons. The molecule has 2 aromatic heterocycles. The minimum Gasteiger partial charge on any atom is -0.338 e. The summed E-state index contributed by atoms with van der Waals surface area (Å²) in [6, 6.07) is 6.61. The van der Waals surface area contributed by atoms with Crippen LogP contribution in [0.25, 0.3) is 16.7 Å². The van der Waals surface area contributed by atoms with Crippen molar-refractivity contribution in [1.29, 1.82) is 0 Å². The summed E-state index contributed by atoms with van der Waals surface area (Å²) >= 11 is 1.13. The number of nitrogens with one attached hydrogen (secondary N) is 2. The molecule has 29 heavy (non-hydrogen) atoms. The van der Waals surface area contributed by atoms with Gasteiger partial charge in [-0.05, 0) is 18.1 Å². The summed E-state index contributed by atoms with van der Waals surface area (Å²) in [5, 5.41) is 14.2. The van der Waals surface area contributed by atoms with Crippen LogP contribution in [0.5, 0.6) is 0 Å². The summed E-state index contributed by atoms with van der Waals surface area (Å²) in [7, 11) is 0. The third kappa shape index (κ3) is 4.48. The number of aromatic nitrogens is 4. The van der Waals surface area contributed by atoms with Gasteiger partial charge in [-0.25, -0.2) is 4.79 Å². The molecular formula is C19H22N6O3S. The molecule has 0 saturated carbocycles. The summed E-state index contributed by atoms with van der Waals surface area (Å²) < 4.78 is 3.21. The molecule has 152 valence electrons. The Morgan fingerprint density at radius 3 is 2.76 bits per heavy atom. The Hall–Kier alpha value is -3.14. The van der Waals surface area contributed by atoms with Gasteiger partial charge in [0.2, 0.25) is 11.7 Å². The maximum absolute atomic E-state index is 12.8. The number of imide groups is 1. The number of thioether (sulfide) groups is 1. The molecule has 0 aliphatic carbocycles. The fraction of sp³-hybridized carbons (Fsp3) is 0.316. The van der Waals surface area contributed by atoms with Gasteiger partial charge in [-0.2, -0.15) is 0 Å². The first-order valence-electron chi connectivity index (χ1n) is 9.10. The number of para-hydroxylation sites is 1. The van der Waals surface area contributed by atoms with Gasteiger partial charge in [0.05, 0.1) is 16.7 Å². The number of carbonyl (C=O) groups excluding carboxylic acids is 2. The number of fused-ring (bicyclic) bond motifs is 3. The third-order valence-corrected chi connectivity index (χ3v) is 4.98. The van der Waals surface area contributed by atoms with E-state index in [1.165, 1.54) is 4.57 Å². The number of allylic oxidation sites excluding steroid dienone is 1. The predicted molar refractivity (Wildman–Crippen MR) is 112 cm³/mol. The van der Waals surface area contributed by atoms with Crippen molar-refractivity contribution in [3.63, 3.8) is 0 Å². The molecule has 0 aliphatic heterocycles. The summed E-state index contributed by atoms with van der Waals surface area (Å²) in [4.78, 5) is 36.6. The molecule has 0 unspecified atom stereocenters. The Morgan fingerprint density at radius 1 is 1.28 bits per heavy atom. The molecule has 2 heterocycles. The van der Waals surface area contributed by atoms with Crippen LogP contribution in [0, 0.1) is 5.92 Å². The van der Waals surface area contributed by atoms with Crippen molar-refractivity contribution in [1.82, 2.24) is 29.8 Å². The molecule has 3 amide bonds. The molecule has 0 atom stereocenters. The number of rotatable bonds is 7. The Balaban J connectivity index is 1.86. The van der Waals surface area contributed by atoms with Gasteiger partial charge in [0.25, 0.3) is 5.56 Å². The summed E-state index contributed by atoms with van der Waals surface area (Å²) in [6.45, 7) is 8.38. The van der Waals surface area contributed by atoms with Crippen LogP contribution in [0.4, 0.5) is 4.79 Å². The largest absolute Gasteiger partial charge is 0.338 e. The lowest BCUT2D eigenvalue weighted by molar-refractivity contribution is -0.117. The van der Waals surface area contributed by atoms with Gasteiger partial charge < -0.3 is 5.32 Å². The van der Waals surface area contributed by atoms with Gasteiger partial charge in [0.1, 0.15) is 0 Å². The number of hydrogen-bond acceptors (Lipinski definition) is 6. The second-order valence-corrected chi connectivity index (χ2v) is 7.72. The highest BCUT2D eigenvalue weighted by Gasteiger charge is 2.17. The highest BCUT2D eigenvalue weighted by atomic mass is 32.2. The second kappa shape index (κ2) is 8.91. The van der Waals surface area contributed by atoms with Crippen molar-refractivity contribution < 1.29 is 9.59 Å². The number of hydrogen-bond donors (Lipinski definition) is 2. The fourth-order valence-corrected chi connectivity index (χ4v) is 3.49. The third-order valence-electron chi connectivity index (χ3n) is 4.05. The van der Waals surface area contributed by atoms with Crippen LogP contribution in [0.3, 0.4) is 0 Å². The molecule has 1 aromatic carbocycles. The molecule has 3 rings (SSSR count). The quantitative estimate of drug-likeness (QED) is 0.451. The van der Waals surface area contributed by atoms with E-state index in [4.69, 9.17) is 0 Å². The van der Waals surface area contributed by atoms with Gasteiger partial charge in [-0.3, -0.25) is 23.9 Å². The zero-order valence-electron chi connectivity index (χ0n) is 16.2. The lowest BCUT2D eigenvalue weighted by Gasteiger charge is -2.10. The SMILES string of the molecule is C=CCn1c(=O)c2ccccc2n2c(SCC(=O)NC(=O)NCC(C)C)nnc12. The van der Waals surface area contributed by atoms with E-state index < -0.39 is 11.9 Å². The number of carbonyl (C=O) groups is 2. The summed E-state index contributed by atoms with van der Waals surface area (Å²) in [5.41, 5.74) is 0.465. The molecule has 9 nitrogen and oxygen atoms in total. The van der Waals surface area contributed by atoms with Crippen molar-refractivity contribution in [3.05, 3.63) is 47.3 Å². The highest BCUT2D eigenvalue weighted by Crippen LogP contribution is 2.21. The van der Waals surface area contributed by atoms with E-state index in [0.717, 1.165) is 11.8 Å². The van der Waals surface area contributed by atoms with Crippen LogP contribution in [-0.2, 0) is 11.3 Å². The van der Waals surface area contributed by atoms with Crippen molar-refractivity contribution in [2.45, 2.75) is 25.5 Å². The standard InChI is InChI=1S/C19H22N6O3S/c1-4-9-24-16(27)13-7-5-6-8-14(13)25-18(24)22-23-19(25)29-11-15(26)21-17(28)20-10-12(2)3/h4-8,12H,1,9-11H2,2-3H3,(H2,20,21,26,28). The maximum atomic E-state index is 12.8. The predicted octanol–water partition coefficient (Wildman–Crippen LogP) is 1.80. The topological polar surface area (TPSA) is 110 Å². The zero-order chi connectivity index (χ0) is 21.0. The Kier molecular flexibility index (Phi) is 6.32. The molecule has 0 fully saturated rings. The first-order chi connectivity index (χ1) is 13.9. The van der Waals surface area contributed by atoms with Crippen LogP contribution in [0.2, 0.25) is 0 Å². The smallest absolute Gasteiger partial charge is 0.321 e. The van der Waals surface area contributed by atoms with E-state index in [0.29, 0.717) is 28.4 Å². The molecule has 0 bridgehead atoms. The van der Waals surface area contributed by atoms with E-state index in [1.54, 1.807) is 28.7 Å². The molecule has 3 aromatic rings. The Bertz CT molecular complexity index is 1130. The first kappa shape index (κ1) is 20.6. The van der Waals surface area contributed by atoms with Crippen LogP contribution in [-0.4, -0.2) is 43.4 Å². The van der Waals surface area contributed by atoms with E-state index >= 15 is 0 Å². The van der Waals surface area contributed by atoms with Crippen LogP contribution in [0.15, 0.2) is 46.9 Å². The van der Waals surface area contributed by atoms with Gasteiger partial charge >= 0.3 is 6.03 Å². The molecule has 0 saturated heterocycles. The normalized spacial score (nSPS) is 11.1. The number of benzene rings is 1. The van der Waals surface area contributed by atoms with E-state index in [9.17, 15) is 14.4 Å². The summed E-state index contributed by atoms with van der Waals surface area (Å²) in [5.74, 6) is 0.182. The summed E-state index contributed by atoms with van der Waals surface area (Å²) in [6.07, 6.45) is 1.61. The lowest BCUT2D eigenvalue weighted by Crippen LogP contribution is -2.41. The van der Waals surface area contributed by atoms with E-state index in [1.807, 2.05) is 19.9 Å². The zero-order valence-corrected chi connectivity index (χ0v) is 17.0. The molecule has 2 N–H and O–H groups in total. The second-order valence-electron chi connectivity index (χ2n) is 6.78. The van der Waals surface area contributed by atoms with Crippen molar-refractivity contribution in [2.75, 3.05) is 12.3 Å². The Labute approximate surface area is 171 Å². The van der Waals surface area contributed by atoms with Crippen LogP contribution >= 0.6 is 11.8 Å². The van der Waals surface area contributed by atoms with Gasteiger partial charge in [0.15, 0.2) is 5.16 Å². The minimum absolute atomic E-state index is 0.0230. The van der Waals surface area contributed by atoms with Crippen molar-refractivity contribution in [2.24, 2.45) is 5.92 Å². The highest BCUT2D eigenvalue weighted by molar-refractivity contribution is 7.99. The van der Waals surface area contributed by atoms with Gasteiger partial charge in [0, 0.05) is 13.1 Å². The van der Waals surface area contributed by atoms with Crippen molar-refractivity contribution in [3.8, 4) is 0 Å². The minimum atomic E-state index is -0.527. The van der Waals surface area contributed by atoms with Crippen LogP contribution < -0.4 is 16.2 Å². The molecule has 10 heteroatoms. The van der Waals surface area contributed by atoms with E-state index in [2.05, 4.69) is 27.4 Å². The van der Waals surface area contributed by atoms with E-state index in [-0.39, 0.29) is 23.8 Å². The monoisotopic (exact) mass is 414 g/mol. The number of urea groups is 1. The number of nitrogens with zero attached hydrogens (tertiary/aromatic N) is 4. The fourth-order valence-electron chi connectivity index (χ4n) is 2.75. The molecular weight excluding hydrogens is 392 g/mol.